The third kappa shape index (κ3) is 4.00. The summed E-state index contributed by atoms with van der Waals surface area (Å²) in [6.07, 6.45) is 0. The number of hydrogen-bond donors (Lipinski definition) is 1. The molecule has 0 radical (unpaired) electrons. The summed E-state index contributed by atoms with van der Waals surface area (Å²) in [5.74, 6) is -0.691. The van der Waals surface area contributed by atoms with Gasteiger partial charge < -0.3 is 19.0 Å². The summed E-state index contributed by atoms with van der Waals surface area (Å²) in [5, 5.41) is 11.6. The number of benzene rings is 2. The average Bonchev–Trinajstić information content (AvgIpc) is 3.33. The molecule has 4 rings (SSSR count). The van der Waals surface area contributed by atoms with Crippen LogP contribution in [0.1, 0.15) is 23.1 Å². The number of rotatable bonds is 5. The maximum Gasteiger partial charge on any atom is 0.300 e. The summed E-state index contributed by atoms with van der Waals surface area (Å²) in [6, 6.07) is 12.3. The van der Waals surface area contributed by atoms with E-state index in [2.05, 4.69) is 15.9 Å². The number of aliphatic hydroxyl groups excluding tert-OH is 1. The molecule has 0 bridgehead atoms. The quantitative estimate of drug-likeness (QED) is 0.260. The predicted molar refractivity (Wildman–Crippen MR) is 127 cm³/mol. The Morgan fingerprint density at radius 1 is 1.09 bits per heavy atom. The number of carbonyl (C=O) groups is 2. The third-order valence-corrected chi connectivity index (χ3v) is 6.08. The summed E-state index contributed by atoms with van der Waals surface area (Å²) < 4.78 is 17.1. The van der Waals surface area contributed by atoms with Gasteiger partial charge in [-0.2, -0.15) is 0 Å². The lowest BCUT2D eigenvalue weighted by molar-refractivity contribution is -0.132. The van der Waals surface area contributed by atoms with E-state index in [1.165, 1.54) is 31.3 Å². The van der Waals surface area contributed by atoms with E-state index in [1.54, 1.807) is 43.3 Å². The van der Waals surface area contributed by atoms with Crippen LogP contribution >= 0.6 is 27.5 Å². The first-order chi connectivity index (χ1) is 15.8. The van der Waals surface area contributed by atoms with E-state index in [1.807, 2.05) is 0 Å². The normalized spacial score (nSPS) is 17.5. The highest BCUT2D eigenvalue weighted by molar-refractivity contribution is 9.10. The highest BCUT2D eigenvalue weighted by Crippen LogP contribution is 2.45. The molecule has 1 aliphatic heterocycles. The van der Waals surface area contributed by atoms with Gasteiger partial charge in [-0.25, -0.2) is 0 Å². The van der Waals surface area contributed by atoms with Gasteiger partial charge in [0, 0.05) is 16.2 Å². The zero-order valence-electron chi connectivity index (χ0n) is 17.9. The molecule has 7 nitrogen and oxygen atoms in total. The summed E-state index contributed by atoms with van der Waals surface area (Å²) in [5.41, 5.74) is 0.474. The summed E-state index contributed by atoms with van der Waals surface area (Å²) in [4.78, 5) is 27.7. The number of methoxy groups -OCH3 is 2. The lowest BCUT2D eigenvalue weighted by Gasteiger charge is -2.23. The van der Waals surface area contributed by atoms with Crippen molar-refractivity contribution in [2.24, 2.45) is 0 Å². The highest BCUT2D eigenvalue weighted by atomic mass is 79.9. The Morgan fingerprint density at radius 3 is 2.42 bits per heavy atom. The predicted octanol–water partition coefficient (Wildman–Crippen LogP) is 5.65. The van der Waals surface area contributed by atoms with E-state index >= 15 is 0 Å². The monoisotopic (exact) mass is 531 g/mol. The Labute approximate surface area is 203 Å². The number of hydrogen-bond acceptors (Lipinski definition) is 6. The first-order valence-electron chi connectivity index (χ1n) is 9.81. The lowest BCUT2D eigenvalue weighted by Crippen LogP contribution is -2.29. The van der Waals surface area contributed by atoms with Gasteiger partial charge in [0.1, 0.15) is 34.8 Å². The average molecular weight is 533 g/mol. The molecule has 170 valence electrons. The van der Waals surface area contributed by atoms with Crippen molar-refractivity contribution >= 4 is 50.7 Å². The number of Topliss-reactive ketones (excluding diaryl/α,β-unsaturated/α-hetero) is 1. The van der Waals surface area contributed by atoms with Crippen LogP contribution in [0, 0.1) is 6.92 Å². The Kier molecular flexibility index (Phi) is 6.23. The number of aryl methyl sites for hydroxylation is 1. The largest absolute Gasteiger partial charge is 0.507 e. The molecule has 0 aliphatic carbocycles. The summed E-state index contributed by atoms with van der Waals surface area (Å²) >= 11 is 9.59. The number of amides is 1. The van der Waals surface area contributed by atoms with Crippen molar-refractivity contribution in [3.8, 4) is 11.5 Å². The van der Waals surface area contributed by atoms with Gasteiger partial charge in [0.25, 0.3) is 11.7 Å². The van der Waals surface area contributed by atoms with Crippen molar-refractivity contribution in [3.63, 3.8) is 0 Å². The molecule has 0 saturated carbocycles. The number of ether oxygens (including phenoxy) is 2. The second kappa shape index (κ2) is 8.96. The van der Waals surface area contributed by atoms with E-state index in [0.717, 1.165) is 4.47 Å². The summed E-state index contributed by atoms with van der Waals surface area (Å²) in [6.45, 7) is 1.75. The Bertz CT molecular complexity index is 1300. The molecule has 2 aromatic carbocycles. The molecule has 0 spiro atoms. The minimum absolute atomic E-state index is 0.142. The summed E-state index contributed by atoms with van der Waals surface area (Å²) in [7, 11) is 2.83. The molecule has 1 saturated heterocycles. The van der Waals surface area contributed by atoms with Gasteiger partial charge in [0.2, 0.25) is 0 Å². The van der Waals surface area contributed by atoms with E-state index in [9.17, 15) is 14.7 Å². The van der Waals surface area contributed by atoms with Crippen molar-refractivity contribution in [1.82, 2.24) is 0 Å². The molecule has 2 heterocycles. The fourth-order valence-corrected chi connectivity index (χ4v) is 4.40. The van der Waals surface area contributed by atoms with Gasteiger partial charge in [-0.05, 0) is 43.3 Å². The highest BCUT2D eigenvalue weighted by Gasteiger charge is 2.48. The van der Waals surface area contributed by atoms with Gasteiger partial charge in [-0.15, -0.1) is 0 Å². The van der Waals surface area contributed by atoms with Crippen LogP contribution in [-0.4, -0.2) is 31.0 Å². The number of furan rings is 1. The molecule has 1 aromatic heterocycles. The topological polar surface area (TPSA) is 89.2 Å². The number of ketones is 1. The second-order valence-electron chi connectivity index (χ2n) is 7.28. The van der Waals surface area contributed by atoms with E-state index < -0.39 is 23.5 Å². The van der Waals surface area contributed by atoms with Gasteiger partial charge in [-0.3, -0.25) is 14.5 Å². The standard InChI is InChI=1S/C24H19BrClNO6/c1-12-7-8-17(33-12)21-20(22(28)15-10-19(32-3)16(26)11-18(15)31-2)23(29)24(30)27(21)14-6-4-5-13(25)9-14/h4-11,21,28H,1-3H3/b22-20+. The number of carbonyl (C=O) groups excluding carboxylic acids is 2. The van der Waals surface area contributed by atoms with Crippen molar-refractivity contribution in [3.05, 3.63) is 80.7 Å². The van der Waals surface area contributed by atoms with Crippen LogP contribution in [-0.2, 0) is 9.59 Å². The Balaban J connectivity index is 1.99. The molecule has 1 amide bonds. The Morgan fingerprint density at radius 2 is 1.82 bits per heavy atom. The Hall–Kier alpha value is -3.23. The van der Waals surface area contributed by atoms with Gasteiger partial charge in [-0.1, -0.05) is 33.6 Å². The molecule has 1 atom stereocenters. The number of halogens is 2. The zero-order valence-corrected chi connectivity index (χ0v) is 20.2. The molecule has 1 N–H and O–H groups in total. The fraction of sp³-hybridized carbons (Fsp3) is 0.167. The van der Waals surface area contributed by atoms with E-state index in [4.69, 9.17) is 25.5 Å². The van der Waals surface area contributed by atoms with Crippen LogP contribution in [0.5, 0.6) is 11.5 Å². The van der Waals surface area contributed by atoms with Crippen LogP contribution in [0.25, 0.3) is 5.76 Å². The molecule has 3 aromatic rings. The first-order valence-corrected chi connectivity index (χ1v) is 11.0. The number of aliphatic hydroxyl groups is 1. The van der Waals surface area contributed by atoms with E-state index in [0.29, 0.717) is 17.2 Å². The molecule has 9 heteroatoms. The van der Waals surface area contributed by atoms with Crippen LogP contribution in [0.15, 0.2) is 63.0 Å². The van der Waals surface area contributed by atoms with Gasteiger partial charge in [0.05, 0.1) is 30.4 Å². The minimum atomic E-state index is -1.00. The molecular formula is C24H19BrClNO6. The van der Waals surface area contributed by atoms with Gasteiger partial charge >= 0.3 is 0 Å². The van der Waals surface area contributed by atoms with Crippen LogP contribution in [0.2, 0.25) is 5.02 Å². The van der Waals surface area contributed by atoms with E-state index in [-0.39, 0.29) is 27.7 Å². The first kappa shape index (κ1) is 22.9. The van der Waals surface area contributed by atoms with Crippen LogP contribution in [0.4, 0.5) is 5.69 Å². The minimum Gasteiger partial charge on any atom is -0.507 e. The molecular weight excluding hydrogens is 514 g/mol. The van der Waals surface area contributed by atoms with Crippen molar-refractivity contribution in [2.75, 3.05) is 19.1 Å². The molecule has 1 unspecified atom stereocenters. The number of anilines is 1. The SMILES string of the molecule is COc1cc(/C(O)=C2\C(=O)C(=O)N(c3cccc(Br)c3)C2c2ccc(C)o2)c(OC)cc1Cl. The van der Waals surface area contributed by atoms with Crippen molar-refractivity contribution < 1.29 is 28.6 Å². The maximum atomic E-state index is 13.2. The second-order valence-corrected chi connectivity index (χ2v) is 8.61. The molecule has 1 aliphatic rings. The fourth-order valence-electron chi connectivity index (χ4n) is 3.78. The maximum absolute atomic E-state index is 13.2. The van der Waals surface area contributed by atoms with Gasteiger partial charge in [0.15, 0.2) is 0 Å². The third-order valence-electron chi connectivity index (χ3n) is 5.29. The van der Waals surface area contributed by atoms with Crippen LogP contribution in [0.3, 0.4) is 0 Å². The molecule has 1 fully saturated rings. The number of nitrogens with zero attached hydrogens (tertiary/aromatic N) is 1. The van der Waals surface area contributed by atoms with Crippen LogP contribution < -0.4 is 14.4 Å². The molecule has 33 heavy (non-hydrogen) atoms. The van der Waals surface area contributed by atoms with Crippen molar-refractivity contribution in [1.29, 1.82) is 0 Å². The van der Waals surface area contributed by atoms with Crippen molar-refractivity contribution in [2.45, 2.75) is 13.0 Å². The lowest BCUT2D eigenvalue weighted by atomic mass is 9.98. The smallest absolute Gasteiger partial charge is 0.300 e. The zero-order chi connectivity index (χ0) is 23.9.